The highest BCUT2D eigenvalue weighted by molar-refractivity contribution is 5.90. The van der Waals surface area contributed by atoms with Crippen LogP contribution in [-0.2, 0) is 4.79 Å². The standard InChI is InChI=1S/C28H26O2/c1-18(29)27-26(24-16-8-12-20-10-4-6-14-22(20)24)25(17-28(27,2)30)23-15-7-11-19-9-3-5-13-21(19)23/h3-16,25-27,30H,17H2,1-2H3/t25-,26-,27+,28+/m0/s1. The van der Waals surface area contributed by atoms with E-state index in [1.807, 2.05) is 13.0 Å². The Bertz CT molecular complexity index is 1240. The quantitative estimate of drug-likeness (QED) is 0.448. The van der Waals surface area contributed by atoms with Gasteiger partial charge in [-0.1, -0.05) is 84.9 Å². The number of carbonyl (C=O) groups is 1. The van der Waals surface area contributed by atoms with Crippen LogP contribution < -0.4 is 0 Å². The highest BCUT2D eigenvalue weighted by atomic mass is 16.3. The molecule has 1 fully saturated rings. The molecule has 1 N–H and O–H groups in total. The van der Waals surface area contributed by atoms with Gasteiger partial charge in [-0.15, -0.1) is 0 Å². The maximum absolute atomic E-state index is 12.9. The lowest BCUT2D eigenvalue weighted by molar-refractivity contribution is -0.127. The van der Waals surface area contributed by atoms with Crippen LogP contribution in [0.3, 0.4) is 0 Å². The van der Waals surface area contributed by atoms with Crippen molar-refractivity contribution in [3.8, 4) is 0 Å². The molecule has 4 atom stereocenters. The predicted molar refractivity (Wildman–Crippen MR) is 123 cm³/mol. The van der Waals surface area contributed by atoms with Crippen LogP contribution in [0.2, 0.25) is 0 Å². The number of ketones is 1. The largest absolute Gasteiger partial charge is 0.389 e. The van der Waals surface area contributed by atoms with E-state index in [4.69, 9.17) is 0 Å². The van der Waals surface area contributed by atoms with Gasteiger partial charge in [0.15, 0.2) is 0 Å². The van der Waals surface area contributed by atoms with Crippen molar-refractivity contribution < 1.29 is 9.90 Å². The van der Waals surface area contributed by atoms with Crippen LogP contribution in [0.4, 0.5) is 0 Å². The normalized spacial score (nSPS) is 26.3. The molecule has 0 unspecified atom stereocenters. The van der Waals surface area contributed by atoms with E-state index in [1.165, 1.54) is 27.1 Å². The molecule has 0 radical (unpaired) electrons. The van der Waals surface area contributed by atoms with Crippen molar-refractivity contribution in [1.82, 2.24) is 0 Å². The molecule has 30 heavy (non-hydrogen) atoms. The fraction of sp³-hybridized carbons (Fsp3) is 0.250. The molecule has 5 rings (SSSR count). The van der Waals surface area contributed by atoms with E-state index in [2.05, 4.69) is 78.9 Å². The van der Waals surface area contributed by atoms with Gasteiger partial charge in [0.1, 0.15) is 5.78 Å². The lowest BCUT2D eigenvalue weighted by Gasteiger charge is -2.29. The maximum Gasteiger partial charge on any atom is 0.136 e. The predicted octanol–water partition coefficient (Wildman–Crippen LogP) is 6.22. The van der Waals surface area contributed by atoms with Gasteiger partial charge in [-0.3, -0.25) is 4.79 Å². The summed E-state index contributed by atoms with van der Waals surface area (Å²) in [6.45, 7) is 3.46. The van der Waals surface area contributed by atoms with Crippen molar-refractivity contribution in [2.24, 2.45) is 5.92 Å². The summed E-state index contributed by atoms with van der Waals surface area (Å²) in [5.74, 6) is -0.395. The lowest BCUT2D eigenvalue weighted by atomic mass is 9.75. The summed E-state index contributed by atoms with van der Waals surface area (Å²) >= 11 is 0. The third-order valence-corrected chi connectivity index (χ3v) is 6.94. The Morgan fingerprint density at radius 3 is 1.90 bits per heavy atom. The van der Waals surface area contributed by atoms with Gasteiger partial charge in [-0.25, -0.2) is 0 Å². The van der Waals surface area contributed by atoms with E-state index in [0.717, 1.165) is 5.56 Å². The average Bonchev–Trinajstić information content (AvgIpc) is 3.04. The second-order valence-electron chi connectivity index (χ2n) is 8.92. The molecule has 1 aliphatic carbocycles. The molecule has 1 aliphatic rings. The zero-order chi connectivity index (χ0) is 20.9. The highest BCUT2D eigenvalue weighted by Gasteiger charge is 2.53. The van der Waals surface area contributed by atoms with E-state index < -0.39 is 11.5 Å². The Morgan fingerprint density at radius 1 is 0.800 bits per heavy atom. The average molecular weight is 395 g/mol. The zero-order valence-electron chi connectivity index (χ0n) is 17.4. The van der Waals surface area contributed by atoms with Crippen molar-refractivity contribution in [1.29, 1.82) is 0 Å². The van der Waals surface area contributed by atoms with E-state index >= 15 is 0 Å². The number of benzene rings is 4. The van der Waals surface area contributed by atoms with Gasteiger partial charge in [0.05, 0.1) is 11.5 Å². The van der Waals surface area contributed by atoms with Gasteiger partial charge in [-0.2, -0.15) is 0 Å². The fourth-order valence-corrected chi connectivity index (χ4v) is 5.82. The second-order valence-corrected chi connectivity index (χ2v) is 8.92. The van der Waals surface area contributed by atoms with Crippen LogP contribution >= 0.6 is 0 Å². The molecule has 4 aromatic rings. The number of fused-ring (bicyclic) bond motifs is 2. The number of Topliss-reactive ketones (excluding diaryl/α,β-unsaturated/α-hetero) is 1. The van der Waals surface area contributed by atoms with Crippen LogP contribution in [0.15, 0.2) is 84.9 Å². The molecule has 150 valence electrons. The van der Waals surface area contributed by atoms with E-state index in [9.17, 15) is 9.90 Å². The molecule has 0 heterocycles. The summed E-state index contributed by atoms with van der Waals surface area (Å²) in [5.41, 5.74) is 1.33. The molecule has 0 aromatic heterocycles. The Balaban J connectivity index is 1.78. The number of rotatable bonds is 3. The Labute approximate surface area is 177 Å². The topological polar surface area (TPSA) is 37.3 Å². The van der Waals surface area contributed by atoms with Crippen molar-refractivity contribution >= 4 is 27.3 Å². The first kappa shape index (κ1) is 19.0. The lowest BCUT2D eigenvalue weighted by Crippen LogP contribution is -2.36. The molecule has 0 saturated heterocycles. The van der Waals surface area contributed by atoms with Gasteiger partial charge < -0.3 is 5.11 Å². The minimum absolute atomic E-state index is 0.0562. The summed E-state index contributed by atoms with van der Waals surface area (Å²) in [7, 11) is 0. The van der Waals surface area contributed by atoms with E-state index in [-0.39, 0.29) is 17.6 Å². The maximum atomic E-state index is 12.9. The van der Waals surface area contributed by atoms with E-state index in [0.29, 0.717) is 6.42 Å². The summed E-state index contributed by atoms with van der Waals surface area (Å²) in [6, 6.07) is 29.4. The Morgan fingerprint density at radius 2 is 1.30 bits per heavy atom. The van der Waals surface area contributed by atoms with Crippen molar-refractivity contribution in [3.63, 3.8) is 0 Å². The van der Waals surface area contributed by atoms with Gasteiger partial charge in [0.25, 0.3) is 0 Å². The number of aliphatic hydroxyl groups is 1. The molecule has 0 aliphatic heterocycles. The third-order valence-electron chi connectivity index (χ3n) is 6.94. The molecule has 0 spiro atoms. The molecular weight excluding hydrogens is 368 g/mol. The summed E-state index contributed by atoms with van der Waals surface area (Å²) in [6.07, 6.45) is 0.569. The van der Waals surface area contributed by atoms with Crippen LogP contribution in [0.25, 0.3) is 21.5 Å². The van der Waals surface area contributed by atoms with Crippen LogP contribution in [0, 0.1) is 5.92 Å². The Hall–Kier alpha value is -2.97. The number of hydrogen-bond acceptors (Lipinski definition) is 2. The third kappa shape index (κ3) is 2.95. The highest BCUT2D eigenvalue weighted by Crippen LogP contribution is 2.56. The van der Waals surface area contributed by atoms with Crippen molar-refractivity contribution in [2.45, 2.75) is 37.7 Å². The molecule has 2 heteroatoms. The monoisotopic (exact) mass is 394 g/mol. The molecule has 0 amide bonds. The zero-order valence-corrected chi connectivity index (χ0v) is 17.4. The molecule has 2 nitrogen and oxygen atoms in total. The van der Waals surface area contributed by atoms with Crippen LogP contribution in [-0.4, -0.2) is 16.5 Å². The van der Waals surface area contributed by atoms with Gasteiger partial charge in [0, 0.05) is 5.92 Å². The first-order valence-electron chi connectivity index (χ1n) is 10.7. The molecule has 0 bridgehead atoms. The SMILES string of the molecule is CC(=O)[C@@H]1[C@@H](c2cccc3ccccc23)[C@H](c2cccc3ccccc23)C[C@@]1(C)O. The fourth-order valence-electron chi connectivity index (χ4n) is 5.82. The first-order valence-corrected chi connectivity index (χ1v) is 10.7. The van der Waals surface area contributed by atoms with Gasteiger partial charge >= 0.3 is 0 Å². The number of hydrogen-bond donors (Lipinski definition) is 1. The van der Waals surface area contributed by atoms with Gasteiger partial charge in [0.2, 0.25) is 0 Å². The smallest absolute Gasteiger partial charge is 0.136 e. The minimum atomic E-state index is -1.05. The summed E-state index contributed by atoms with van der Waals surface area (Å²) in [4.78, 5) is 12.9. The van der Waals surface area contributed by atoms with Crippen molar-refractivity contribution in [2.75, 3.05) is 0 Å². The van der Waals surface area contributed by atoms with Crippen LogP contribution in [0.1, 0.15) is 43.2 Å². The second kappa shape index (κ2) is 7.07. The minimum Gasteiger partial charge on any atom is -0.389 e. The molecule has 1 saturated carbocycles. The summed E-state index contributed by atoms with van der Waals surface area (Å²) in [5, 5.41) is 16.1. The summed E-state index contributed by atoms with van der Waals surface area (Å²) < 4.78 is 0. The molecular formula is C28H26O2. The molecule has 4 aromatic carbocycles. The van der Waals surface area contributed by atoms with Crippen LogP contribution in [0.5, 0.6) is 0 Å². The van der Waals surface area contributed by atoms with Gasteiger partial charge in [-0.05, 0) is 58.9 Å². The van der Waals surface area contributed by atoms with Crippen molar-refractivity contribution in [3.05, 3.63) is 96.1 Å². The number of carbonyl (C=O) groups excluding carboxylic acids is 1. The van der Waals surface area contributed by atoms with E-state index in [1.54, 1.807) is 6.92 Å². The Kier molecular flexibility index (Phi) is 4.48. The first-order chi connectivity index (χ1) is 14.5.